The van der Waals surface area contributed by atoms with Crippen LogP contribution >= 0.6 is 0 Å². The molecule has 5 heteroatoms. The van der Waals surface area contributed by atoms with Crippen LogP contribution in [0.15, 0.2) is 18.2 Å². The van der Waals surface area contributed by atoms with Crippen LogP contribution in [0.4, 0.5) is 17.6 Å². The van der Waals surface area contributed by atoms with E-state index < -0.39 is 17.6 Å². The summed E-state index contributed by atoms with van der Waals surface area (Å²) in [5.74, 6) is -0.841. The van der Waals surface area contributed by atoms with Crippen molar-refractivity contribution < 1.29 is 17.6 Å². The molecule has 0 spiro atoms. The van der Waals surface area contributed by atoms with Crippen LogP contribution in [-0.2, 0) is 12.6 Å². The van der Waals surface area contributed by atoms with Gasteiger partial charge in [0.15, 0.2) is 0 Å². The number of rotatable bonds is 4. The first-order valence-corrected chi connectivity index (χ1v) is 5.37. The molecule has 0 amide bonds. The van der Waals surface area contributed by atoms with Crippen molar-refractivity contribution >= 4 is 0 Å². The quantitative estimate of drug-likeness (QED) is 0.806. The predicted molar refractivity (Wildman–Crippen MR) is 58.2 cm³/mol. The summed E-state index contributed by atoms with van der Waals surface area (Å²) in [7, 11) is 1.78. The Morgan fingerprint density at radius 2 is 1.88 bits per heavy atom. The maximum atomic E-state index is 13.0. The topological polar surface area (TPSA) is 12.0 Å². The summed E-state index contributed by atoms with van der Waals surface area (Å²) in [6.45, 7) is 1.92. The summed E-state index contributed by atoms with van der Waals surface area (Å²) >= 11 is 0. The lowest BCUT2D eigenvalue weighted by molar-refractivity contribution is -0.137. The Kier molecular flexibility index (Phi) is 4.51. The van der Waals surface area contributed by atoms with Gasteiger partial charge in [-0.1, -0.05) is 0 Å². The Morgan fingerprint density at radius 3 is 2.41 bits per heavy atom. The third-order valence-electron chi connectivity index (χ3n) is 2.64. The van der Waals surface area contributed by atoms with E-state index >= 15 is 0 Å². The number of alkyl halides is 3. The summed E-state index contributed by atoms with van der Waals surface area (Å²) < 4.78 is 50.4. The molecule has 1 unspecified atom stereocenters. The molecule has 1 aromatic rings. The van der Waals surface area contributed by atoms with Gasteiger partial charge in [0.05, 0.1) is 5.56 Å². The van der Waals surface area contributed by atoms with Gasteiger partial charge in [-0.25, -0.2) is 4.39 Å². The summed E-state index contributed by atoms with van der Waals surface area (Å²) in [6.07, 6.45) is -3.41. The highest BCUT2D eigenvalue weighted by molar-refractivity contribution is 5.27. The molecule has 0 aromatic heterocycles. The maximum Gasteiger partial charge on any atom is 0.416 e. The van der Waals surface area contributed by atoms with Crippen LogP contribution in [0.3, 0.4) is 0 Å². The molecule has 1 atom stereocenters. The molecule has 0 saturated carbocycles. The van der Waals surface area contributed by atoms with E-state index in [0.717, 1.165) is 12.1 Å². The highest BCUT2D eigenvalue weighted by Gasteiger charge is 2.31. The Hall–Kier alpha value is -1.10. The molecule has 17 heavy (non-hydrogen) atoms. The fourth-order valence-corrected chi connectivity index (χ4v) is 1.49. The van der Waals surface area contributed by atoms with Crippen molar-refractivity contribution in [1.29, 1.82) is 0 Å². The Balaban J connectivity index is 2.83. The molecule has 0 radical (unpaired) electrons. The highest BCUT2D eigenvalue weighted by atomic mass is 19.4. The van der Waals surface area contributed by atoms with Crippen LogP contribution in [0.25, 0.3) is 0 Å². The van der Waals surface area contributed by atoms with Crippen LogP contribution in [0, 0.1) is 5.82 Å². The molecule has 0 aliphatic heterocycles. The van der Waals surface area contributed by atoms with Crippen LogP contribution in [0.5, 0.6) is 0 Å². The normalized spacial score (nSPS) is 13.8. The molecule has 96 valence electrons. The molecule has 0 aliphatic rings. The number of hydrogen-bond donors (Lipinski definition) is 1. The molecular weight excluding hydrogens is 234 g/mol. The van der Waals surface area contributed by atoms with Gasteiger partial charge in [-0.2, -0.15) is 13.2 Å². The van der Waals surface area contributed by atoms with Gasteiger partial charge >= 0.3 is 6.18 Å². The number of halogens is 4. The lowest BCUT2D eigenvalue weighted by Gasteiger charge is -2.12. The fraction of sp³-hybridized carbons (Fsp3) is 0.500. The first-order chi connectivity index (χ1) is 7.82. The molecule has 1 N–H and O–H groups in total. The van der Waals surface area contributed by atoms with Crippen molar-refractivity contribution in [3.63, 3.8) is 0 Å². The molecule has 1 rings (SSSR count). The Morgan fingerprint density at radius 1 is 1.24 bits per heavy atom. The first-order valence-electron chi connectivity index (χ1n) is 5.37. The summed E-state index contributed by atoms with van der Waals surface area (Å²) in [6, 6.07) is 2.86. The van der Waals surface area contributed by atoms with E-state index in [1.165, 1.54) is 0 Å². The van der Waals surface area contributed by atoms with Crippen molar-refractivity contribution in [3.05, 3.63) is 35.1 Å². The molecule has 0 saturated heterocycles. The van der Waals surface area contributed by atoms with Gasteiger partial charge in [-0.05, 0) is 50.6 Å². The van der Waals surface area contributed by atoms with Gasteiger partial charge in [-0.15, -0.1) is 0 Å². The number of nitrogens with one attached hydrogen (secondary N) is 1. The van der Waals surface area contributed by atoms with Gasteiger partial charge in [-0.3, -0.25) is 0 Å². The molecular formula is C12H15F4N. The average Bonchev–Trinajstić information content (AvgIpc) is 2.24. The molecule has 1 nitrogen and oxygen atoms in total. The second-order valence-corrected chi connectivity index (χ2v) is 4.07. The SMILES string of the molecule is CNC(C)CCc1cc(F)cc(C(F)(F)F)c1. The summed E-state index contributed by atoms with van der Waals surface area (Å²) in [5, 5.41) is 2.98. The minimum absolute atomic E-state index is 0.188. The molecule has 1 aromatic carbocycles. The standard InChI is InChI=1S/C12H15F4N/c1-8(17-2)3-4-9-5-10(12(14,15)16)7-11(13)6-9/h5-8,17H,3-4H2,1-2H3. The zero-order chi connectivity index (χ0) is 13.1. The van der Waals surface area contributed by atoms with Gasteiger partial charge in [0.1, 0.15) is 5.82 Å². The van der Waals surface area contributed by atoms with E-state index in [1.54, 1.807) is 7.05 Å². The monoisotopic (exact) mass is 249 g/mol. The van der Waals surface area contributed by atoms with Crippen LogP contribution in [-0.4, -0.2) is 13.1 Å². The molecule has 0 bridgehead atoms. The van der Waals surface area contributed by atoms with E-state index in [1.807, 2.05) is 6.92 Å². The van der Waals surface area contributed by atoms with Gasteiger partial charge in [0.25, 0.3) is 0 Å². The van der Waals surface area contributed by atoms with E-state index in [0.29, 0.717) is 24.5 Å². The first kappa shape index (κ1) is 14.0. The highest BCUT2D eigenvalue weighted by Crippen LogP contribution is 2.30. The van der Waals surface area contributed by atoms with Gasteiger partial charge < -0.3 is 5.32 Å². The zero-order valence-corrected chi connectivity index (χ0v) is 9.74. The minimum atomic E-state index is -4.49. The Bertz CT molecular complexity index is 373. The second-order valence-electron chi connectivity index (χ2n) is 4.07. The van der Waals surface area contributed by atoms with Crippen molar-refractivity contribution in [2.45, 2.75) is 32.0 Å². The van der Waals surface area contributed by atoms with E-state index in [2.05, 4.69) is 5.32 Å². The van der Waals surface area contributed by atoms with E-state index in [4.69, 9.17) is 0 Å². The third kappa shape index (κ3) is 4.34. The van der Waals surface area contributed by atoms with Crippen molar-refractivity contribution in [2.24, 2.45) is 0 Å². The summed E-state index contributed by atoms with van der Waals surface area (Å²) in [5.41, 5.74) is -0.552. The van der Waals surface area contributed by atoms with Gasteiger partial charge in [0.2, 0.25) is 0 Å². The van der Waals surface area contributed by atoms with Crippen LogP contribution < -0.4 is 5.32 Å². The molecule has 0 fully saturated rings. The van der Waals surface area contributed by atoms with Crippen molar-refractivity contribution in [2.75, 3.05) is 7.05 Å². The lowest BCUT2D eigenvalue weighted by Crippen LogP contribution is -2.21. The minimum Gasteiger partial charge on any atom is -0.317 e. The van der Waals surface area contributed by atoms with E-state index in [9.17, 15) is 17.6 Å². The van der Waals surface area contributed by atoms with Crippen LogP contribution in [0.2, 0.25) is 0 Å². The smallest absolute Gasteiger partial charge is 0.317 e. The molecule has 0 heterocycles. The third-order valence-corrected chi connectivity index (χ3v) is 2.64. The maximum absolute atomic E-state index is 13.0. The van der Waals surface area contributed by atoms with Crippen molar-refractivity contribution in [1.82, 2.24) is 5.32 Å². The average molecular weight is 249 g/mol. The lowest BCUT2D eigenvalue weighted by atomic mass is 10.0. The number of benzene rings is 1. The predicted octanol–water partition coefficient (Wildman–Crippen LogP) is 3.39. The summed E-state index contributed by atoms with van der Waals surface area (Å²) in [4.78, 5) is 0. The van der Waals surface area contributed by atoms with Gasteiger partial charge in [0, 0.05) is 6.04 Å². The zero-order valence-electron chi connectivity index (χ0n) is 9.74. The second kappa shape index (κ2) is 5.49. The fourth-order valence-electron chi connectivity index (χ4n) is 1.49. The largest absolute Gasteiger partial charge is 0.416 e. The molecule has 0 aliphatic carbocycles. The van der Waals surface area contributed by atoms with Crippen molar-refractivity contribution in [3.8, 4) is 0 Å². The van der Waals surface area contributed by atoms with E-state index in [-0.39, 0.29) is 6.04 Å². The Labute approximate surface area is 97.8 Å². The van der Waals surface area contributed by atoms with Crippen LogP contribution in [0.1, 0.15) is 24.5 Å². The number of hydrogen-bond acceptors (Lipinski definition) is 1. The number of aryl methyl sites for hydroxylation is 1.